The number of nitrogens with zero attached hydrogens (tertiary/aromatic N) is 1. The first kappa shape index (κ1) is 14.8. The molecular formula is C16H23FN2O2. The first-order valence-corrected chi connectivity index (χ1v) is 7.78. The van der Waals surface area contributed by atoms with E-state index in [-0.39, 0.29) is 11.9 Å². The third-order valence-electron chi connectivity index (χ3n) is 4.14. The van der Waals surface area contributed by atoms with Crippen LogP contribution >= 0.6 is 0 Å². The van der Waals surface area contributed by atoms with Crippen LogP contribution in [0.4, 0.5) is 4.39 Å². The van der Waals surface area contributed by atoms with E-state index in [1.165, 1.54) is 6.07 Å². The summed E-state index contributed by atoms with van der Waals surface area (Å²) in [6, 6.07) is 5.31. The van der Waals surface area contributed by atoms with Gasteiger partial charge in [-0.05, 0) is 37.1 Å². The van der Waals surface area contributed by atoms with Gasteiger partial charge < -0.3 is 14.8 Å². The lowest BCUT2D eigenvalue weighted by Gasteiger charge is -2.26. The molecule has 116 valence electrons. The minimum absolute atomic E-state index is 0.220. The lowest BCUT2D eigenvalue weighted by atomic mass is 10.1. The molecule has 2 heterocycles. The molecule has 1 atom stereocenters. The molecule has 0 amide bonds. The second-order valence-electron chi connectivity index (χ2n) is 5.67. The quantitative estimate of drug-likeness (QED) is 0.900. The van der Waals surface area contributed by atoms with Crippen LogP contribution in [0.3, 0.4) is 0 Å². The molecule has 0 radical (unpaired) electrons. The highest BCUT2D eigenvalue weighted by atomic mass is 19.1. The van der Waals surface area contributed by atoms with Crippen molar-refractivity contribution in [1.82, 2.24) is 10.2 Å². The third kappa shape index (κ3) is 4.15. The van der Waals surface area contributed by atoms with Gasteiger partial charge in [0.15, 0.2) is 0 Å². The van der Waals surface area contributed by atoms with Crippen LogP contribution in [0, 0.1) is 5.82 Å². The van der Waals surface area contributed by atoms with Gasteiger partial charge in [0, 0.05) is 31.7 Å². The Bertz CT molecular complexity index is 458. The molecule has 2 aliphatic heterocycles. The van der Waals surface area contributed by atoms with Crippen LogP contribution in [-0.2, 0) is 4.74 Å². The van der Waals surface area contributed by atoms with E-state index in [1.807, 2.05) is 6.07 Å². The zero-order valence-electron chi connectivity index (χ0n) is 12.3. The fourth-order valence-corrected chi connectivity index (χ4v) is 2.96. The maximum Gasteiger partial charge on any atom is 0.127 e. The second kappa shape index (κ2) is 7.20. The molecule has 3 rings (SSSR count). The molecule has 1 N–H and O–H groups in total. The van der Waals surface area contributed by atoms with Crippen molar-refractivity contribution in [2.75, 3.05) is 46.0 Å². The van der Waals surface area contributed by atoms with Crippen LogP contribution in [-0.4, -0.2) is 50.9 Å². The van der Waals surface area contributed by atoms with E-state index < -0.39 is 0 Å². The highest BCUT2D eigenvalue weighted by Gasteiger charge is 2.18. The maximum absolute atomic E-state index is 13.7. The number of halogens is 1. The van der Waals surface area contributed by atoms with Gasteiger partial charge in [0.2, 0.25) is 0 Å². The Morgan fingerprint density at radius 1 is 1.29 bits per heavy atom. The number of hydrogen-bond acceptors (Lipinski definition) is 4. The van der Waals surface area contributed by atoms with Crippen LogP contribution in [0.25, 0.3) is 0 Å². The Labute approximate surface area is 125 Å². The maximum atomic E-state index is 13.7. The summed E-state index contributed by atoms with van der Waals surface area (Å²) >= 11 is 0. The number of nitrogens with one attached hydrogen (secondary N) is 1. The summed E-state index contributed by atoms with van der Waals surface area (Å²) in [5.74, 6) is 0.412. The highest BCUT2D eigenvalue weighted by molar-refractivity contribution is 5.32. The molecule has 2 fully saturated rings. The molecule has 21 heavy (non-hydrogen) atoms. The monoisotopic (exact) mass is 294 g/mol. The van der Waals surface area contributed by atoms with Crippen LogP contribution in [0.5, 0.6) is 5.75 Å². The Hall–Kier alpha value is -1.17. The minimum Gasteiger partial charge on any atom is -0.492 e. The van der Waals surface area contributed by atoms with Crippen molar-refractivity contribution in [2.24, 2.45) is 0 Å². The Kier molecular flexibility index (Phi) is 5.06. The first-order chi connectivity index (χ1) is 10.3. The molecular weight excluding hydrogens is 271 g/mol. The molecule has 0 bridgehead atoms. The van der Waals surface area contributed by atoms with Crippen LogP contribution < -0.4 is 10.1 Å². The van der Waals surface area contributed by atoms with E-state index in [0.717, 1.165) is 57.8 Å². The average molecular weight is 294 g/mol. The number of rotatable bonds is 5. The number of ether oxygens (including phenoxy) is 2. The van der Waals surface area contributed by atoms with Crippen LogP contribution in [0.2, 0.25) is 0 Å². The summed E-state index contributed by atoms with van der Waals surface area (Å²) < 4.78 is 24.8. The van der Waals surface area contributed by atoms with Gasteiger partial charge in [0.05, 0.1) is 13.2 Å². The molecule has 1 unspecified atom stereocenters. The van der Waals surface area contributed by atoms with Crippen molar-refractivity contribution >= 4 is 0 Å². The van der Waals surface area contributed by atoms with Gasteiger partial charge in [-0.15, -0.1) is 0 Å². The van der Waals surface area contributed by atoms with E-state index >= 15 is 0 Å². The second-order valence-corrected chi connectivity index (χ2v) is 5.67. The molecule has 2 aliphatic rings. The molecule has 1 aromatic carbocycles. The van der Waals surface area contributed by atoms with E-state index in [4.69, 9.17) is 9.47 Å². The van der Waals surface area contributed by atoms with Gasteiger partial charge in [-0.3, -0.25) is 4.90 Å². The van der Waals surface area contributed by atoms with Crippen LogP contribution in [0.1, 0.15) is 24.4 Å². The average Bonchev–Trinajstić information content (AvgIpc) is 3.02. The van der Waals surface area contributed by atoms with Crippen LogP contribution in [0.15, 0.2) is 18.2 Å². The lowest BCUT2D eigenvalue weighted by molar-refractivity contribution is 0.0322. The first-order valence-electron chi connectivity index (χ1n) is 7.78. The fraction of sp³-hybridized carbons (Fsp3) is 0.625. The van der Waals surface area contributed by atoms with Crippen molar-refractivity contribution < 1.29 is 13.9 Å². The van der Waals surface area contributed by atoms with Crippen molar-refractivity contribution in [3.8, 4) is 5.75 Å². The van der Waals surface area contributed by atoms with Gasteiger partial charge in [0.25, 0.3) is 0 Å². The normalized spacial score (nSPS) is 23.4. The van der Waals surface area contributed by atoms with E-state index in [9.17, 15) is 4.39 Å². The molecule has 5 heteroatoms. The van der Waals surface area contributed by atoms with Gasteiger partial charge in [-0.25, -0.2) is 4.39 Å². The molecule has 1 aromatic rings. The standard InChI is InChI=1S/C16H23FN2O2/c17-14-10-13(16-2-1-3-18-16)11-15(12-14)21-9-6-19-4-7-20-8-5-19/h10-12,16,18H,1-9H2. The topological polar surface area (TPSA) is 33.7 Å². The van der Waals surface area contributed by atoms with Crippen molar-refractivity contribution in [3.05, 3.63) is 29.6 Å². The largest absolute Gasteiger partial charge is 0.492 e. The van der Waals surface area contributed by atoms with Gasteiger partial charge >= 0.3 is 0 Å². The van der Waals surface area contributed by atoms with Gasteiger partial charge in [-0.2, -0.15) is 0 Å². The van der Waals surface area contributed by atoms with Gasteiger partial charge in [0.1, 0.15) is 18.2 Å². The van der Waals surface area contributed by atoms with Crippen molar-refractivity contribution in [1.29, 1.82) is 0 Å². The SMILES string of the molecule is Fc1cc(OCCN2CCOCC2)cc(C2CCCN2)c1. The predicted octanol–water partition coefficient (Wildman–Crippen LogP) is 1.96. The summed E-state index contributed by atoms with van der Waals surface area (Å²) in [4.78, 5) is 2.31. The molecule has 0 saturated carbocycles. The zero-order valence-corrected chi connectivity index (χ0v) is 12.3. The molecule has 2 saturated heterocycles. The highest BCUT2D eigenvalue weighted by Crippen LogP contribution is 2.27. The summed E-state index contributed by atoms with van der Waals surface area (Å²) in [7, 11) is 0. The Balaban J connectivity index is 1.54. The molecule has 0 aliphatic carbocycles. The van der Waals surface area contributed by atoms with Crippen molar-refractivity contribution in [3.63, 3.8) is 0 Å². The van der Waals surface area contributed by atoms with E-state index in [1.54, 1.807) is 6.07 Å². The van der Waals surface area contributed by atoms with E-state index in [2.05, 4.69) is 10.2 Å². The number of hydrogen-bond donors (Lipinski definition) is 1. The smallest absolute Gasteiger partial charge is 0.127 e. The summed E-state index contributed by atoms with van der Waals surface area (Å²) in [6.07, 6.45) is 2.21. The minimum atomic E-state index is -0.220. The Morgan fingerprint density at radius 2 is 2.14 bits per heavy atom. The fourth-order valence-electron chi connectivity index (χ4n) is 2.96. The third-order valence-corrected chi connectivity index (χ3v) is 4.14. The molecule has 0 spiro atoms. The lowest BCUT2D eigenvalue weighted by Crippen LogP contribution is -2.38. The number of benzene rings is 1. The number of morpholine rings is 1. The summed E-state index contributed by atoms with van der Waals surface area (Å²) in [5, 5.41) is 3.39. The summed E-state index contributed by atoms with van der Waals surface area (Å²) in [5.41, 5.74) is 0.994. The summed E-state index contributed by atoms with van der Waals surface area (Å²) in [6.45, 7) is 5.93. The molecule has 4 nitrogen and oxygen atoms in total. The molecule has 0 aromatic heterocycles. The predicted molar refractivity (Wildman–Crippen MR) is 79.1 cm³/mol. The van der Waals surface area contributed by atoms with E-state index in [0.29, 0.717) is 12.4 Å². The Morgan fingerprint density at radius 3 is 2.90 bits per heavy atom. The van der Waals surface area contributed by atoms with Crippen molar-refractivity contribution in [2.45, 2.75) is 18.9 Å². The zero-order chi connectivity index (χ0) is 14.5. The van der Waals surface area contributed by atoms with Gasteiger partial charge in [-0.1, -0.05) is 0 Å².